The van der Waals surface area contributed by atoms with E-state index in [2.05, 4.69) is 59.9 Å². The number of nitrogens with one attached hydrogen (secondary N) is 1. The van der Waals surface area contributed by atoms with Crippen LogP contribution in [0.15, 0.2) is 54.6 Å². The minimum Gasteiger partial charge on any atom is -0.385 e. The molecule has 0 aliphatic heterocycles. The Kier molecular flexibility index (Phi) is 5.77. The van der Waals surface area contributed by atoms with Gasteiger partial charge in [0.15, 0.2) is 0 Å². The zero-order valence-corrected chi connectivity index (χ0v) is 11.9. The van der Waals surface area contributed by atoms with E-state index in [0.717, 1.165) is 25.8 Å². The van der Waals surface area contributed by atoms with Gasteiger partial charge >= 0.3 is 0 Å². The van der Waals surface area contributed by atoms with Crippen LogP contribution in [0.2, 0.25) is 0 Å². The number of benzene rings is 2. The van der Waals surface area contributed by atoms with Gasteiger partial charge in [0.2, 0.25) is 0 Å². The molecule has 1 N–H and O–H groups in total. The SMILES string of the molecule is ClCCc1ccc(NCCCc2ccccc2)cc1. The van der Waals surface area contributed by atoms with E-state index in [1.807, 2.05) is 0 Å². The molecule has 0 fully saturated rings. The third-order valence-corrected chi connectivity index (χ3v) is 3.34. The predicted octanol–water partition coefficient (Wildman–Crippen LogP) is 4.51. The van der Waals surface area contributed by atoms with Crippen LogP contribution in [0.4, 0.5) is 5.69 Å². The van der Waals surface area contributed by atoms with Gasteiger partial charge in [0.1, 0.15) is 0 Å². The first-order valence-electron chi connectivity index (χ1n) is 6.81. The molecule has 2 aromatic rings. The second-order valence-corrected chi connectivity index (χ2v) is 5.03. The van der Waals surface area contributed by atoms with Gasteiger partial charge in [-0.2, -0.15) is 0 Å². The van der Waals surface area contributed by atoms with E-state index in [9.17, 15) is 0 Å². The monoisotopic (exact) mass is 273 g/mol. The number of aryl methyl sites for hydroxylation is 2. The topological polar surface area (TPSA) is 12.0 Å². The molecule has 0 spiro atoms. The normalized spacial score (nSPS) is 10.4. The van der Waals surface area contributed by atoms with Crippen LogP contribution >= 0.6 is 11.6 Å². The first-order chi connectivity index (χ1) is 9.38. The Balaban J connectivity index is 1.70. The standard InChI is InChI=1S/C17H20ClN/c18-13-12-16-8-10-17(11-9-16)19-14-4-7-15-5-2-1-3-6-15/h1-3,5-6,8-11,19H,4,7,12-14H2. The lowest BCUT2D eigenvalue weighted by atomic mass is 10.1. The first-order valence-corrected chi connectivity index (χ1v) is 7.34. The quantitative estimate of drug-likeness (QED) is 0.578. The molecule has 100 valence electrons. The fraction of sp³-hybridized carbons (Fsp3) is 0.294. The average molecular weight is 274 g/mol. The van der Waals surface area contributed by atoms with Crippen LogP contribution < -0.4 is 5.32 Å². The van der Waals surface area contributed by atoms with Crippen molar-refractivity contribution in [1.82, 2.24) is 0 Å². The van der Waals surface area contributed by atoms with Gasteiger partial charge in [0, 0.05) is 18.1 Å². The smallest absolute Gasteiger partial charge is 0.0340 e. The molecule has 0 aliphatic carbocycles. The summed E-state index contributed by atoms with van der Waals surface area (Å²) < 4.78 is 0. The second kappa shape index (κ2) is 7.85. The Bertz CT molecular complexity index is 464. The van der Waals surface area contributed by atoms with Crippen LogP contribution in [-0.4, -0.2) is 12.4 Å². The summed E-state index contributed by atoms with van der Waals surface area (Å²) in [5.41, 5.74) is 3.89. The number of anilines is 1. The first kappa shape index (κ1) is 14.0. The van der Waals surface area contributed by atoms with Crippen molar-refractivity contribution in [2.45, 2.75) is 19.3 Å². The molecule has 2 heteroatoms. The molecule has 0 aliphatic rings. The van der Waals surface area contributed by atoms with Crippen molar-refractivity contribution in [3.63, 3.8) is 0 Å². The Hall–Kier alpha value is -1.47. The van der Waals surface area contributed by atoms with Crippen LogP contribution in [0.5, 0.6) is 0 Å². The Morgan fingerprint density at radius 1 is 0.789 bits per heavy atom. The Morgan fingerprint density at radius 2 is 1.47 bits per heavy atom. The van der Waals surface area contributed by atoms with Crippen LogP contribution in [0, 0.1) is 0 Å². The van der Waals surface area contributed by atoms with Gasteiger partial charge in [0.25, 0.3) is 0 Å². The third-order valence-electron chi connectivity index (χ3n) is 3.15. The van der Waals surface area contributed by atoms with Gasteiger partial charge in [-0.25, -0.2) is 0 Å². The molecule has 0 amide bonds. The van der Waals surface area contributed by atoms with Crippen molar-refractivity contribution in [3.8, 4) is 0 Å². The molecular weight excluding hydrogens is 254 g/mol. The van der Waals surface area contributed by atoms with Crippen molar-refractivity contribution in [1.29, 1.82) is 0 Å². The molecule has 0 radical (unpaired) electrons. The summed E-state index contributed by atoms with van der Waals surface area (Å²) in [4.78, 5) is 0. The zero-order valence-electron chi connectivity index (χ0n) is 11.1. The lowest BCUT2D eigenvalue weighted by Crippen LogP contribution is -2.03. The summed E-state index contributed by atoms with van der Waals surface area (Å²) >= 11 is 5.72. The number of alkyl halides is 1. The molecule has 0 saturated carbocycles. The maximum absolute atomic E-state index is 5.72. The van der Waals surface area contributed by atoms with E-state index in [1.54, 1.807) is 0 Å². The van der Waals surface area contributed by atoms with E-state index in [4.69, 9.17) is 11.6 Å². The number of hydrogen-bond donors (Lipinski definition) is 1. The predicted molar refractivity (Wildman–Crippen MR) is 84.1 cm³/mol. The van der Waals surface area contributed by atoms with E-state index < -0.39 is 0 Å². The van der Waals surface area contributed by atoms with Gasteiger partial charge in [-0.15, -0.1) is 11.6 Å². The molecule has 2 aromatic carbocycles. The molecular formula is C17H20ClN. The maximum Gasteiger partial charge on any atom is 0.0340 e. The van der Waals surface area contributed by atoms with E-state index in [1.165, 1.54) is 16.8 Å². The van der Waals surface area contributed by atoms with Gasteiger partial charge < -0.3 is 5.32 Å². The van der Waals surface area contributed by atoms with Crippen LogP contribution in [-0.2, 0) is 12.8 Å². The molecule has 19 heavy (non-hydrogen) atoms. The highest BCUT2D eigenvalue weighted by molar-refractivity contribution is 6.17. The minimum absolute atomic E-state index is 0.684. The van der Waals surface area contributed by atoms with Gasteiger partial charge in [0.05, 0.1) is 0 Å². The third kappa shape index (κ3) is 4.96. The lowest BCUT2D eigenvalue weighted by Gasteiger charge is -2.07. The van der Waals surface area contributed by atoms with E-state index in [0.29, 0.717) is 5.88 Å². The largest absolute Gasteiger partial charge is 0.385 e. The summed E-state index contributed by atoms with van der Waals surface area (Å²) in [6, 6.07) is 19.2. The zero-order chi connectivity index (χ0) is 13.3. The van der Waals surface area contributed by atoms with Crippen molar-refractivity contribution >= 4 is 17.3 Å². The molecule has 0 aromatic heterocycles. The highest BCUT2D eigenvalue weighted by Crippen LogP contribution is 2.11. The average Bonchev–Trinajstić information content (AvgIpc) is 2.47. The fourth-order valence-corrected chi connectivity index (χ4v) is 2.29. The van der Waals surface area contributed by atoms with Gasteiger partial charge in [-0.05, 0) is 42.5 Å². The number of halogens is 1. The Morgan fingerprint density at radius 3 is 2.16 bits per heavy atom. The summed E-state index contributed by atoms with van der Waals surface area (Å²) in [5, 5.41) is 3.45. The van der Waals surface area contributed by atoms with Crippen molar-refractivity contribution < 1.29 is 0 Å². The molecule has 1 nitrogen and oxygen atoms in total. The van der Waals surface area contributed by atoms with Crippen LogP contribution in [0.1, 0.15) is 17.5 Å². The number of rotatable bonds is 7. The van der Waals surface area contributed by atoms with Crippen molar-refractivity contribution in [2.24, 2.45) is 0 Å². The Labute approximate surface area is 120 Å². The second-order valence-electron chi connectivity index (χ2n) is 4.65. The van der Waals surface area contributed by atoms with Crippen molar-refractivity contribution in [3.05, 3.63) is 65.7 Å². The molecule has 0 atom stereocenters. The summed E-state index contributed by atoms with van der Waals surface area (Å²) in [6.07, 6.45) is 3.21. The van der Waals surface area contributed by atoms with Crippen molar-refractivity contribution in [2.75, 3.05) is 17.7 Å². The molecule has 0 saturated heterocycles. The van der Waals surface area contributed by atoms with Gasteiger partial charge in [-0.3, -0.25) is 0 Å². The fourth-order valence-electron chi connectivity index (χ4n) is 2.07. The molecule has 0 unspecified atom stereocenters. The van der Waals surface area contributed by atoms with Crippen LogP contribution in [0.3, 0.4) is 0 Å². The minimum atomic E-state index is 0.684. The molecule has 0 bridgehead atoms. The maximum atomic E-state index is 5.72. The van der Waals surface area contributed by atoms with Gasteiger partial charge in [-0.1, -0.05) is 42.5 Å². The molecule has 0 heterocycles. The van der Waals surface area contributed by atoms with E-state index >= 15 is 0 Å². The summed E-state index contributed by atoms with van der Waals surface area (Å²) in [6.45, 7) is 1.00. The highest BCUT2D eigenvalue weighted by Gasteiger charge is 1.95. The molecule has 2 rings (SSSR count). The highest BCUT2D eigenvalue weighted by atomic mass is 35.5. The van der Waals surface area contributed by atoms with E-state index in [-0.39, 0.29) is 0 Å². The summed E-state index contributed by atoms with van der Waals surface area (Å²) in [7, 11) is 0. The summed E-state index contributed by atoms with van der Waals surface area (Å²) in [5.74, 6) is 0.684. The number of hydrogen-bond acceptors (Lipinski definition) is 1. The lowest BCUT2D eigenvalue weighted by molar-refractivity contribution is 0.863. The van der Waals surface area contributed by atoms with Crippen LogP contribution in [0.25, 0.3) is 0 Å².